The summed E-state index contributed by atoms with van der Waals surface area (Å²) in [6.45, 7) is 0. The zero-order valence-corrected chi connectivity index (χ0v) is 7.81. The molecule has 0 aliphatic carbocycles. The third kappa shape index (κ3) is 2.59. The first kappa shape index (κ1) is 11.8. The van der Waals surface area contributed by atoms with Crippen LogP contribution in [-0.2, 0) is 6.18 Å². The summed E-state index contributed by atoms with van der Waals surface area (Å²) < 4.78 is 49.9. The maximum atomic E-state index is 12.9. The van der Waals surface area contributed by atoms with Crippen LogP contribution in [0.25, 0.3) is 0 Å². The van der Waals surface area contributed by atoms with Crippen molar-refractivity contribution in [3.05, 3.63) is 29.8 Å². The second kappa shape index (κ2) is 4.06. The third-order valence-corrected chi connectivity index (χ3v) is 1.72. The average Bonchev–Trinajstić information content (AvgIpc) is 2.15. The quantitative estimate of drug-likeness (QED) is 0.317. The van der Waals surface area contributed by atoms with Gasteiger partial charge in [-0.05, 0) is 23.7 Å². The summed E-state index contributed by atoms with van der Waals surface area (Å²) in [4.78, 5) is 10.4. The molecule has 0 aromatic heterocycles. The number of amides is 1. The van der Waals surface area contributed by atoms with E-state index >= 15 is 0 Å². The standard InChI is InChI=1S/C8H4ClF4NO/c9-7(15)14(13)6-4-2-1-3-5(6)8(10,11)12/h1-4H. The molecule has 82 valence electrons. The molecule has 0 N–H and O–H groups in total. The van der Waals surface area contributed by atoms with Gasteiger partial charge in [0.05, 0.1) is 11.3 Å². The van der Waals surface area contributed by atoms with E-state index in [1.807, 2.05) is 0 Å². The van der Waals surface area contributed by atoms with Gasteiger partial charge in [0.15, 0.2) is 0 Å². The minimum atomic E-state index is -4.74. The number of nitrogens with zero attached hydrogens (tertiary/aromatic N) is 1. The molecule has 0 spiro atoms. The van der Waals surface area contributed by atoms with E-state index in [1.54, 1.807) is 0 Å². The van der Waals surface area contributed by atoms with Crippen LogP contribution in [0.5, 0.6) is 0 Å². The van der Waals surface area contributed by atoms with Gasteiger partial charge < -0.3 is 0 Å². The topological polar surface area (TPSA) is 20.3 Å². The number of benzene rings is 1. The summed E-state index contributed by atoms with van der Waals surface area (Å²) in [5.74, 6) is 0. The van der Waals surface area contributed by atoms with Crippen molar-refractivity contribution in [2.45, 2.75) is 6.18 Å². The second-order valence-electron chi connectivity index (χ2n) is 2.55. The molecule has 15 heavy (non-hydrogen) atoms. The second-order valence-corrected chi connectivity index (χ2v) is 2.87. The fourth-order valence-corrected chi connectivity index (χ4v) is 1.07. The number of rotatable bonds is 1. The Morgan fingerprint density at radius 3 is 2.27 bits per heavy atom. The maximum absolute atomic E-state index is 12.9. The molecule has 0 radical (unpaired) electrons. The van der Waals surface area contributed by atoms with Crippen LogP contribution in [0.1, 0.15) is 5.56 Å². The molecule has 1 amide bonds. The lowest BCUT2D eigenvalue weighted by Crippen LogP contribution is -2.19. The zero-order chi connectivity index (χ0) is 11.6. The van der Waals surface area contributed by atoms with Crippen molar-refractivity contribution in [3.63, 3.8) is 0 Å². The molecular formula is C8H4ClF4NO. The van der Waals surface area contributed by atoms with Crippen LogP contribution >= 0.6 is 11.6 Å². The van der Waals surface area contributed by atoms with Gasteiger partial charge >= 0.3 is 11.5 Å². The minimum Gasteiger partial charge on any atom is -0.252 e. The Labute approximate surface area is 87.0 Å². The van der Waals surface area contributed by atoms with Crippen molar-refractivity contribution in [1.82, 2.24) is 0 Å². The lowest BCUT2D eigenvalue weighted by Gasteiger charge is -2.15. The number of halogens is 5. The van der Waals surface area contributed by atoms with Crippen molar-refractivity contribution in [3.8, 4) is 0 Å². The fourth-order valence-electron chi connectivity index (χ4n) is 0.979. The summed E-state index contributed by atoms with van der Waals surface area (Å²) in [5.41, 5.74) is -2.19. The normalized spacial score (nSPS) is 11.3. The highest BCUT2D eigenvalue weighted by molar-refractivity contribution is 6.65. The Morgan fingerprint density at radius 1 is 1.27 bits per heavy atom. The van der Waals surface area contributed by atoms with Crippen LogP contribution in [0, 0.1) is 0 Å². The predicted octanol–water partition coefficient (Wildman–Crippen LogP) is 3.76. The number of para-hydroxylation sites is 1. The van der Waals surface area contributed by atoms with E-state index in [0.717, 1.165) is 18.2 Å². The van der Waals surface area contributed by atoms with Gasteiger partial charge in [-0.25, -0.2) is 0 Å². The van der Waals surface area contributed by atoms with Crippen molar-refractivity contribution in [2.24, 2.45) is 0 Å². The number of hydrogen-bond acceptors (Lipinski definition) is 1. The molecule has 1 aromatic carbocycles. The van der Waals surface area contributed by atoms with Gasteiger partial charge in [-0.2, -0.15) is 13.2 Å². The maximum Gasteiger partial charge on any atom is 0.418 e. The molecular weight excluding hydrogens is 238 g/mol. The van der Waals surface area contributed by atoms with E-state index in [4.69, 9.17) is 11.6 Å². The molecule has 0 aliphatic rings. The van der Waals surface area contributed by atoms with Crippen molar-refractivity contribution in [1.29, 1.82) is 0 Å². The smallest absolute Gasteiger partial charge is 0.252 e. The van der Waals surface area contributed by atoms with Gasteiger partial charge in [0.2, 0.25) is 0 Å². The molecule has 0 atom stereocenters. The largest absolute Gasteiger partial charge is 0.418 e. The van der Waals surface area contributed by atoms with E-state index in [2.05, 4.69) is 0 Å². The fraction of sp³-hybridized carbons (Fsp3) is 0.125. The first-order valence-electron chi connectivity index (χ1n) is 3.65. The molecule has 0 saturated heterocycles. The van der Waals surface area contributed by atoms with Crippen LogP contribution in [0.15, 0.2) is 24.3 Å². The zero-order valence-electron chi connectivity index (χ0n) is 7.05. The van der Waals surface area contributed by atoms with E-state index in [9.17, 15) is 22.4 Å². The highest BCUT2D eigenvalue weighted by atomic mass is 35.5. The number of hydrogen-bond donors (Lipinski definition) is 0. The molecule has 0 fully saturated rings. The molecule has 0 aliphatic heterocycles. The monoisotopic (exact) mass is 241 g/mol. The number of carbonyl (C=O) groups is 1. The van der Waals surface area contributed by atoms with Gasteiger partial charge in [-0.1, -0.05) is 16.6 Å². The average molecular weight is 242 g/mol. The Morgan fingerprint density at radius 2 is 1.80 bits per heavy atom. The van der Waals surface area contributed by atoms with Crippen LogP contribution in [0.3, 0.4) is 0 Å². The first-order valence-corrected chi connectivity index (χ1v) is 4.03. The summed E-state index contributed by atoms with van der Waals surface area (Å²) in [6.07, 6.45) is -4.74. The van der Waals surface area contributed by atoms with E-state index in [1.165, 1.54) is 0 Å². The molecule has 0 saturated carbocycles. The first-order chi connectivity index (χ1) is 6.84. The van der Waals surface area contributed by atoms with Crippen LogP contribution in [0.4, 0.5) is 28.1 Å². The lowest BCUT2D eigenvalue weighted by molar-refractivity contribution is -0.137. The van der Waals surface area contributed by atoms with Crippen molar-refractivity contribution >= 4 is 22.7 Å². The van der Waals surface area contributed by atoms with Gasteiger partial charge in [0, 0.05) is 0 Å². The molecule has 1 aromatic rings. The van der Waals surface area contributed by atoms with Crippen LogP contribution in [0.2, 0.25) is 0 Å². The summed E-state index contributed by atoms with van der Waals surface area (Å²) >= 11 is 4.73. The Kier molecular flexibility index (Phi) is 3.18. The van der Waals surface area contributed by atoms with Crippen LogP contribution in [-0.4, -0.2) is 5.37 Å². The molecule has 1 rings (SSSR count). The minimum absolute atomic E-state index is 0.655. The summed E-state index contributed by atoms with van der Waals surface area (Å²) in [7, 11) is 0. The predicted molar refractivity (Wildman–Crippen MR) is 46.3 cm³/mol. The van der Waals surface area contributed by atoms with Gasteiger partial charge in [-0.3, -0.25) is 4.79 Å². The highest BCUT2D eigenvalue weighted by Gasteiger charge is 2.35. The molecule has 2 nitrogen and oxygen atoms in total. The van der Waals surface area contributed by atoms with Gasteiger partial charge in [-0.15, -0.1) is 5.12 Å². The molecule has 0 bridgehead atoms. The van der Waals surface area contributed by atoms with Gasteiger partial charge in [0.1, 0.15) is 0 Å². The number of anilines is 1. The van der Waals surface area contributed by atoms with Crippen molar-refractivity contribution < 1.29 is 22.4 Å². The Hall–Kier alpha value is -1.30. The van der Waals surface area contributed by atoms with Gasteiger partial charge in [0.25, 0.3) is 0 Å². The molecule has 0 heterocycles. The van der Waals surface area contributed by atoms with Crippen LogP contribution < -0.4 is 5.12 Å². The lowest BCUT2D eigenvalue weighted by atomic mass is 10.1. The summed E-state index contributed by atoms with van der Waals surface area (Å²) in [6, 6.07) is 3.71. The SMILES string of the molecule is O=C(Cl)N(F)c1ccccc1C(F)(F)F. The summed E-state index contributed by atoms with van der Waals surface area (Å²) in [5, 5.41) is -2.39. The Bertz CT molecular complexity index is 379. The van der Waals surface area contributed by atoms with Crippen molar-refractivity contribution in [2.75, 3.05) is 5.12 Å². The Balaban J connectivity index is 3.24. The molecule has 0 unspecified atom stereocenters. The van der Waals surface area contributed by atoms with E-state index < -0.39 is 27.9 Å². The number of alkyl halides is 3. The highest BCUT2D eigenvalue weighted by Crippen LogP contribution is 2.36. The third-order valence-electron chi connectivity index (χ3n) is 1.58. The van der Waals surface area contributed by atoms with E-state index in [-0.39, 0.29) is 0 Å². The molecule has 7 heteroatoms. The number of carbonyl (C=O) groups excluding carboxylic acids is 1. The van der Waals surface area contributed by atoms with E-state index in [0.29, 0.717) is 6.07 Å².